The summed E-state index contributed by atoms with van der Waals surface area (Å²) in [5, 5.41) is 7.19. The second-order valence-corrected chi connectivity index (χ2v) is 5.90. The van der Waals surface area contributed by atoms with Crippen LogP contribution >= 0.6 is 0 Å². The minimum absolute atomic E-state index is 0.0641. The summed E-state index contributed by atoms with van der Waals surface area (Å²) in [6.45, 7) is 4.09. The van der Waals surface area contributed by atoms with Crippen molar-refractivity contribution in [1.29, 1.82) is 0 Å². The van der Waals surface area contributed by atoms with Gasteiger partial charge >= 0.3 is 0 Å². The molecule has 1 aliphatic carbocycles. The molecular weight excluding hydrogens is 262 g/mol. The molecule has 0 bridgehead atoms. The van der Waals surface area contributed by atoms with Crippen molar-refractivity contribution >= 4 is 11.7 Å². The Morgan fingerprint density at radius 2 is 1.95 bits per heavy atom. The molecule has 4 nitrogen and oxygen atoms in total. The highest BCUT2D eigenvalue weighted by Crippen LogP contribution is 2.23. The van der Waals surface area contributed by atoms with Crippen LogP contribution in [0.4, 0.5) is 5.82 Å². The predicted molar refractivity (Wildman–Crippen MR) is 83.6 cm³/mol. The van der Waals surface area contributed by atoms with E-state index in [1.165, 1.54) is 24.0 Å². The summed E-state index contributed by atoms with van der Waals surface area (Å²) in [5.41, 5.74) is 3.45. The van der Waals surface area contributed by atoms with Crippen molar-refractivity contribution in [1.82, 2.24) is 9.78 Å². The van der Waals surface area contributed by atoms with E-state index in [0.717, 1.165) is 24.2 Å². The minimum atomic E-state index is -0.0641. The Hall–Kier alpha value is -2.10. The van der Waals surface area contributed by atoms with Crippen LogP contribution in [-0.4, -0.2) is 15.7 Å². The van der Waals surface area contributed by atoms with Crippen LogP contribution in [0.1, 0.15) is 54.2 Å². The minimum Gasteiger partial charge on any atom is -0.307 e. The predicted octanol–water partition coefficient (Wildman–Crippen LogP) is 3.60. The molecule has 0 aliphatic heterocycles. The van der Waals surface area contributed by atoms with Crippen LogP contribution in [0.25, 0.3) is 0 Å². The monoisotopic (exact) mass is 283 g/mol. The summed E-state index contributed by atoms with van der Waals surface area (Å²) in [5.74, 6) is 0.679. The van der Waals surface area contributed by atoms with Gasteiger partial charge in [0.15, 0.2) is 0 Å². The van der Waals surface area contributed by atoms with Gasteiger partial charge in [0.2, 0.25) is 0 Å². The van der Waals surface area contributed by atoms with Gasteiger partial charge < -0.3 is 5.32 Å². The number of hydrogen-bond donors (Lipinski definition) is 1. The van der Waals surface area contributed by atoms with E-state index < -0.39 is 0 Å². The molecule has 0 saturated carbocycles. The number of anilines is 1. The summed E-state index contributed by atoms with van der Waals surface area (Å²) in [7, 11) is 0. The van der Waals surface area contributed by atoms with Gasteiger partial charge in [-0.25, -0.2) is 4.68 Å². The summed E-state index contributed by atoms with van der Waals surface area (Å²) in [6.07, 6.45) is 6.41. The summed E-state index contributed by atoms with van der Waals surface area (Å²) >= 11 is 0. The standard InChI is InChI=1S/C17H21N3O/c1-12(2)20-16(9-10-18-20)19-17(21)15-8-7-13-5-3-4-6-14(13)11-15/h7-12H,3-6H2,1-2H3,(H,19,21). The first-order chi connectivity index (χ1) is 10.1. The first-order valence-corrected chi connectivity index (χ1v) is 7.62. The molecule has 21 heavy (non-hydrogen) atoms. The van der Waals surface area contributed by atoms with E-state index in [-0.39, 0.29) is 11.9 Å². The molecule has 4 heteroatoms. The van der Waals surface area contributed by atoms with Gasteiger partial charge in [-0.2, -0.15) is 5.10 Å². The van der Waals surface area contributed by atoms with E-state index >= 15 is 0 Å². The summed E-state index contributed by atoms with van der Waals surface area (Å²) in [4.78, 5) is 12.4. The molecule has 1 N–H and O–H groups in total. The van der Waals surface area contributed by atoms with Gasteiger partial charge in [0.05, 0.1) is 6.20 Å². The van der Waals surface area contributed by atoms with Crippen molar-refractivity contribution in [2.75, 3.05) is 5.32 Å². The van der Waals surface area contributed by atoms with Crippen LogP contribution < -0.4 is 5.32 Å². The average Bonchev–Trinajstić information content (AvgIpc) is 2.95. The van der Waals surface area contributed by atoms with Crippen molar-refractivity contribution in [2.24, 2.45) is 0 Å². The van der Waals surface area contributed by atoms with Gasteiger partial charge in [-0.15, -0.1) is 0 Å². The van der Waals surface area contributed by atoms with Crippen LogP contribution in [0, 0.1) is 0 Å². The molecule has 0 radical (unpaired) electrons. The third kappa shape index (κ3) is 2.84. The van der Waals surface area contributed by atoms with Crippen LogP contribution in [0.2, 0.25) is 0 Å². The molecule has 0 spiro atoms. The number of hydrogen-bond acceptors (Lipinski definition) is 2. The van der Waals surface area contributed by atoms with E-state index in [0.29, 0.717) is 0 Å². The van der Waals surface area contributed by atoms with E-state index in [9.17, 15) is 4.79 Å². The van der Waals surface area contributed by atoms with E-state index in [2.05, 4.69) is 16.5 Å². The highest BCUT2D eigenvalue weighted by molar-refractivity contribution is 6.04. The van der Waals surface area contributed by atoms with Crippen molar-refractivity contribution in [3.63, 3.8) is 0 Å². The zero-order chi connectivity index (χ0) is 14.8. The molecule has 0 saturated heterocycles. The lowest BCUT2D eigenvalue weighted by Crippen LogP contribution is -2.17. The van der Waals surface area contributed by atoms with Gasteiger partial charge in [0.25, 0.3) is 5.91 Å². The molecule has 0 fully saturated rings. The molecule has 0 atom stereocenters. The quantitative estimate of drug-likeness (QED) is 0.935. The molecule has 2 aromatic rings. The molecule has 1 aromatic heterocycles. The normalized spacial score (nSPS) is 14.0. The number of aromatic nitrogens is 2. The molecule has 3 rings (SSSR count). The van der Waals surface area contributed by atoms with E-state index in [1.807, 2.05) is 36.7 Å². The van der Waals surface area contributed by atoms with E-state index in [4.69, 9.17) is 0 Å². The summed E-state index contributed by atoms with van der Waals surface area (Å²) in [6, 6.07) is 8.12. The lowest BCUT2D eigenvalue weighted by molar-refractivity contribution is 0.102. The van der Waals surface area contributed by atoms with Gasteiger partial charge in [0, 0.05) is 17.7 Å². The lowest BCUT2D eigenvalue weighted by atomic mass is 9.90. The maximum atomic E-state index is 12.4. The highest BCUT2D eigenvalue weighted by atomic mass is 16.1. The Morgan fingerprint density at radius 1 is 1.19 bits per heavy atom. The molecule has 1 aliphatic rings. The first kappa shape index (κ1) is 13.9. The molecular formula is C17H21N3O. The number of amides is 1. The van der Waals surface area contributed by atoms with Crippen LogP contribution in [0.15, 0.2) is 30.5 Å². The highest BCUT2D eigenvalue weighted by Gasteiger charge is 2.14. The Bertz CT molecular complexity index is 658. The molecule has 0 unspecified atom stereocenters. The number of fused-ring (bicyclic) bond motifs is 1. The number of rotatable bonds is 3. The van der Waals surface area contributed by atoms with Crippen LogP contribution in [-0.2, 0) is 12.8 Å². The Labute approximate surface area is 125 Å². The van der Waals surface area contributed by atoms with Crippen LogP contribution in [0.5, 0.6) is 0 Å². The lowest BCUT2D eigenvalue weighted by Gasteiger charge is -2.17. The number of carbonyl (C=O) groups is 1. The van der Waals surface area contributed by atoms with Crippen molar-refractivity contribution in [2.45, 2.75) is 45.6 Å². The molecule has 1 heterocycles. The molecule has 1 aromatic carbocycles. The Morgan fingerprint density at radius 3 is 2.71 bits per heavy atom. The van der Waals surface area contributed by atoms with Crippen molar-refractivity contribution in [3.8, 4) is 0 Å². The smallest absolute Gasteiger partial charge is 0.256 e. The number of aryl methyl sites for hydroxylation is 2. The first-order valence-electron chi connectivity index (χ1n) is 7.62. The van der Waals surface area contributed by atoms with Gasteiger partial charge in [-0.3, -0.25) is 4.79 Å². The fraction of sp³-hybridized carbons (Fsp3) is 0.412. The third-order valence-electron chi connectivity index (χ3n) is 4.01. The third-order valence-corrected chi connectivity index (χ3v) is 4.01. The number of carbonyl (C=O) groups excluding carboxylic acids is 1. The van der Waals surface area contributed by atoms with Gasteiger partial charge in [0.1, 0.15) is 5.82 Å². The number of nitrogens with zero attached hydrogens (tertiary/aromatic N) is 2. The second-order valence-electron chi connectivity index (χ2n) is 5.90. The maximum Gasteiger partial charge on any atom is 0.256 e. The molecule has 1 amide bonds. The van der Waals surface area contributed by atoms with E-state index in [1.54, 1.807) is 6.20 Å². The maximum absolute atomic E-state index is 12.4. The van der Waals surface area contributed by atoms with Gasteiger partial charge in [-0.05, 0) is 62.8 Å². The second kappa shape index (κ2) is 5.72. The Balaban J connectivity index is 1.80. The fourth-order valence-electron chi connectivity index (χ4n) is 2.89. The molecule has 110 valence electrons. The zero-order valence-electron chi connectivity index (χ0n) is 12.6. The largest absolute Gasteiger partial charge is 0.307 e. The zero-order valence-corrected chi connectivity index (χ0v) is 12.6. The number of benzene rings is 1. The fourth-order valence-corrected chi connectivity index (χ4v) is 2.89. The summed E-state index contributed by atoms with van der Waals surface area (Å²) < 4.78 is 1.82. The van der Waals surface area contributed by atoms with Crippen molar-refractivity contribution < 1.29 is 4.79 Å². The topological polar surface area (TPSA) is 46.9 Å². The SMILES string of the molecule is CC(C)n1nccc1NC(=O)c1ccc2c(c1)CCCC2. The van der Waals surface area contributed by atoms with Crippen molar-refractivity contribution in [3.05, 3.63) is 47.2 Å². The Kier molecular flexibility index (Phi) is 3.78. The average molecular weight is 283 g/mol. The van der Waals surface area contributed by atoms with Gasteiger partial charge in [-0.1, -0.05) is 6.07 Å². The number of nitrogens with one attached hydrogen (secondary N) is 1. The van der Waals surface area contributed by atoms with Crippen LogP contribution in [0.3, 0.4) is 0 Å².